The van der Waals surface area contributed by atoms with Gasteiger partial charge in [0.05, 0.1) is 18.7 Å². The maximum absolute atomic E-state index is 12.3. The molecule has 0 aliphatic carbocycles. The largest absolute Gasteiger partial charge is 0.493 e. The predicted molar refractivity (Wildman–Crippen MR) is 104 cm³/mol. The summed E-state index contributed by atoms with van der Waals surface area (Å²) >= 11 is 6.25. The number of benzene rings is 1. The molecule has 0 N–H and O–H groups in total. The molecule has 0 saturated carbocycles. The molecule has 0 aliphatic heterocycles. The molecule has 0 spiro atoms. The molecule has 0 fully saturated rings. The van der Waals surface area contributed by atoms with Crippen molar-refractivity contribution in [1.29, 1.82) is 0 Å². The highest BCUT2D eigenvalue weighted by Crippen LogP contribution is 2.36. The van der Waals surface area contributed by atoms with Crippen LogP contribution in [0.15, 0.2) is 42.6 Å². The van der Waals surface area contributed by atoms with E-state index < -0.39 is 0 Å². The molecule has 0 bridgehead atoms. The lowest BCUT2D eigenvalue weighted by Gasteiger charge is -2.15. The van der Waals surface area contributed by atoms with Crippen LogP contribution in [-0.2, 0) is 11.2 Å². The third-order valence-electron chi connectivity index (χ3n) is 3.76. The highest BCUT2D eigenvalue weighted by molar-refractivity contribution is 6.32. The van der Waals surface area contributed by atoms with Crippen LogP contribution in [0.5, 0.6) is 11.5 Å². The molecule has 5 nitrogen and oxygen atoms in total. The Hall–Kier alpha value is -2.53. The van der Waals surface area contributed by atoms with Gasteiger partial charge in [-0.25, -0.2) is 0 Å². The molecule has 6 heteroatoms. The number of hydrogen-bond acceptors (Lipinski definition) is 4. The highest BCUT2D eigenvalue weighted by atomic mass is 35.5. The molecule has 1 aromatic carbocycles. The van der Waals surface area contributed by atoms with Gasteiger partial charge in [0.25, 0.3) is 0 Å². The monoisotopic (exact) mass is 374 g/mol. The van der Waals surface area contributed by atoms with Crippen LogP contribution in [-0.4, -0.2) is 43.1 Å². The molecule has 0 radical (unpaired) electrons. The van der Waals surface area contributed by atoms with E-state index in [9.17, 15) is 4.79 Å². The number of hydrogen-bond donors (Lipinski definition) is 0. The van der Waals surface area contributed by atoms with Crippen molar-refractivity contribution in [3.63, 3.8) is 0 Å². The summed E-state index contributed by atoms with van der Waals surface area (Å²) in [5, 5.41) is 0.446. The number of ether oxygens (including phenoxy) is 2. The molecule has 1 aromatic heterocycles. The molecule has 1 amide bonds. The Morgan fingerprint density at radius 3 is 2.81 bits per heavy atom. The number of nitrogens with zero attached hydrogens (tertiary/aromatic N) is 2. The van der Waals surface area contributed by atoms with Crippen LogP contribution >= 0.6 is 11.6 Å². The summed E-state index contributed by atoms with van der Waals surface area (Å²) in [4.78, 5) is 18.2. The van der Waals surface area contributed by atoms with Crippen LogP contribution in [0.3, 0.4) is 0 Å². The number of carbonyl (C=O) groups excluding carboxylic acids is 1. The SMILES string of the molecule is CCOc1c(Cl)cc(/C=C/C(=O)N(C)CCc2ccccn2)cc1OC. The smallest absolute Gasteiger partial charge is 0.246 e. The quantitative estimate of drug-likeness (QED) is 0.658. The zero-order chi connectivity index (χ0) is 18.9. The van der Waals surface area contributed by atoms with Gasteiger partial charge in [0.15, 0.2) is 11.5 Å². The zero-order valence-corrected chi connectivity index (χ0v) is 16.0. The van der Waals surface area contributed by atoms with Crippen molar-refractivity contribution in [3.05, 3.63) is 58.9 Å². The first-order valence-electron chi connectivity index (χ1n) is 8.38. The summed E-state index contributed by atoms with van der Waals surface area (Å²) in [5.41, 5.74) is 1.72. The predicted octanol–water partition coefficient (Wildman–Crippen LogP) is 3.86. The van der Waals surface area contributed by atoms with Gasteiger partial charge in [-0.1, -0.05) is 17.7 Å². The van der Waals surface area contributed by atoms with Crippen molar-refractivity contribution in [2.24, 2.45) is 0 Å². The molecule has 26 heavy (non-hydrogen) atoms. The second-order valence-electron chi connectivity index (χ2n) is 5.63. The minimum atomic E-state index is -0.0927. The van der Waals surface area contributed by atoms with E-state index in [-0.39, 0.29) is 5.91 Å². The van der Waals surface area contributed by atoms with Crippen LogP contribution in [0.4, 0.5) is 0 Å². The molecule has 1 heterocycles. The third-order valence-corrected chi connectivity index (χ3v) is 4.05. The Labute approximate surface area is 159 Å². The van der Waals surface area contributed by atoms with Gasteiger partial charge in [0.1, 0.15) is 0 Å². The summed E-state index contributed by atoms with van der Waals surface area (Å²) in [5.74, 6) is 0.951. The first kappa shape index (κ1) is 19.8. The van der Waals surface area contributed by atoms with E-state index in [1.807, 2.05) is 25.1 Å². The summed E-state index contributed by atoms with van der Waals surface area (Å²) in [7, 11) is 3.32. The highest BCUT2D eigenvalue weighted by Gasteiger charge is 2.11. The Kier molecular flexibility index (Phi) is 7.48. The first-order valence-corrected chi connectivity index (χ1v) is 8.76. The summed E-state index contributed by atoms with van der Waals surface area (Å²) in [6, 6.07) is 9.29. The van der Waals surface area contributed by atoms with Gasteiger partial charge in [-0.15, -0.1) is 0 Å². The van der Waals surface area contributed by atoms with Crippen molar-refractivity contribution in [3.8, 4) is 11.5 Å². The first-order chi connectivity index (χ1) is 12.5. The second-order valence-corrected chi connectivity index (χ2v) is 6.04. The molecule has 0 unspecified atom stereocenters. The Morgan fingerprint density at radius 1 is 1.35 bits per heavy atom. The Balaban J connectivity index is 2.01. The van der Waals surface area contributed by atoms with Crippen molar-refractivity contribution in [1.82, 2.24) is 9.88 Å². The second kappa shape index (κ2) is 9.82. The van der Waals surface area contributed by atoms with Crippen LogP contribution in [0.25, 0.3) is 6.08 Å². The molecule has 0 atom stereocenters. The Bertz CT molecular complexity index is 763. The van der Waals surface area contributed by atoms with Crippen molar-refractivity contribution >= 4 is 23.6 Å². The van der Waals surface area contributed by atoms with E-state index in [1.165, 1.54) is 6.08 Å². The molecular weight excluding hydrogens is 352 g/mol. The van der Waals surface area contributed by atoms with Gasteiger partial charge in [-0.2, -0.15) is 0 Å². The summed E-state index contributed by atoms with van der Waals surface area (Å²) in [6.07, 6.45) is 5.69. The van der Waals surface area contributed by atoms with Gasteiger partial charge < -0.3 is 14.4 Å². The number of carbonyl (C=O) groups is 1. The Morgan fingerprint density at radius 2 is 2.15 bits per heavy atom. The van der Waals surface area contributed by atoms with E-state index in [4.69, 9.17) is 21.1 Å². The number of rotatable bonds is 8. The zero-order valence-electron chi connectivity index (χ0n) is 15.2. The summed E-state index contributed by atoms with van der Waals surface area (Å²) < 4.78 is 10.8. The molecule has 0 saturated heterocycles. The summed E-state index contributed by atoms with van der Waals surface area (Å²) in [6.45, 7) is 2.96. The van der Waals surface area contributed by atoms with Crippen molar-refractivity contribution in [2.75, 3.05) is 27.3 Å². The number of methoxy groups -OCH3 is 1. The average Bonchev–Trinajstić information content (AvgIpc) is 2.66. The van der Waals surface area contributed by atoms with Crippen molar-refractivity contribution < 1.29 is 14.3 Å². The standard InChI is InChI=1S/C20H23ClN2O3/c1-4-26-20-17(21)13-15(14-18(20)25-3)8-9-19(24)23(2)12-10-16-7-5-6-11-22-16/h5-9,11,13-14H,4,10,12H2,1-3H3/b9-8+. The fourth-order valence-electron chi connectivity index (χ4n) is 2.35. The molecule has 2 rings (SSSR count). The van der Waals surface area contributed by atoms with Crippen LogP contribution in [0, 0.1) is 0 Å². The van der Waals surface area contributed by atoms with Gasteiger partial charge in [-0.3, -0.25) is 9.78 Å². The maximum atomic E-state index is 12.3. The average molecular weight is 375 g/mol. The van der Waals surface area contributed by atoms with E-state index in [2.05, 4.69) is 4.98 Å². The van der Waals surface area contributed by atoms with Crippen LogP contribution in [0.1, 0.15) is 18.2 Å². The van der Waals surface area contributed by atoms with Gasteiger partial charge in [-0.05, 0) is 42.8 Å². The van der Waals surface area contributed by atoms with Crippen molar-refractivity contribution in [2.45, 2.75) is 13.3 Å². The molecule has 2 aromatic rings. The van der Waals surface area contributed by atoms with Gasteiger partial charge >= 0.3 is 0 Å². The van der Waals surface area contributed by atoms with Gasteiger partial charge in [0.2, 0.25) is 5.91 Å². The van der Waals surface area contributed by atoms with Crippen LogP contribution < -0.4 is 9.47 Å². The lowest BCUT2D eigenvalue weighted by molar-refractivity contribution is -0.124. The normalized spacial score (nSPS) is 10.8. The van der Waals surface area contributed by atoms with Gasteiger partial charge in [0, 0.05) is 38.0 Å². The number of likely N-dealkylation sites (N-methyl/N-ethyl adjacent to an activating group) is 1. The lowest BCUT2D eigenvalue weighted by Crippen LogP contribution is -2.27. The third kappa shape index (κ3) is 5.49. The topological polar surface area (TPSA) is 51.7 Å². The number of halogens is 1. The van der Waals surface area contributed by atoms with E-state index in [1.54, 1.807) is 43.5 Å². The van der Waals surface area contributed by atoms with Crippen LogP contribution in [0.2, 0.25) is 5.02 Å². The maximum Gasteiger partial charge on any atom is 0.246 e. The molecule has 0 aliphatic rings. The minimum Gasteiger partial charge on any atom is -0.493 e. The van der Waals surface area contributed by atoms with E-state index in [0.717, 1.165) is 11.3 Å². The van der Waals surface area contributed by atoms with E-state index in [0.29, 0.717) is 36.1 Å². The molecular formula is C20H23ClN2O3. The minimum absolute atomic E-state index is 0.0927. The fourth-order valence-corrected chi connectivity index (χ4v) is 2.63. The fraction of sp³-hybridized carbons (Fsp3) is 0.300. The van der Waals surface area contributed by atoms with E-state index >= 15 is 0 Å². The number of pyridine rings is 1. The number of amides is 1. The number of aromatic nitrogens is 1. The molecule has 138 valence electrons. The lowest BCUT2D eigenvalue weighted by atomic mass is 10.1.